The van der Waals surface area contributed by atoms with Crippen LogP contribution in [-0.2, 0) is 0 Å². The zero-order valence-electron chi connectivity index (χ0n) is 12.6. The Bertz CT molecular complexity index is 321. The molecule has 114 valence electrons. The molecule has 0 bridgehead atoms. The maximum Gasteiger partial charge on any atom is 0.0315 e. The van der Waals surface area contributed by atoms with Gasteiger partial charge in [0.1, 0.15) is 0 Å². The summed E-state index contributed by atoms with van der Waals surface area (Å²) in [6.45, 7) is 3.17. The van der Waals surface area contributed by atoms with Gasteiger partial charge < -0.3 is 22.5 Å². The zero-order chi connectivity index (χ0) is 14.8. The van der Waals surface area contributed by atoms with Gasteiger partial charge in [-0.05, 0) is 57.0 Å². The average molecular weight is 278 g/mol. The fraction of sp³-hybridized carbons (Fsp3) is 0.625. The minimum Gasteiger partial charge on any atom is -0.399 e. The van der Waals surface area contributed by atoms with Crippen LogP contribution in [0.4, 0.5) is 11.4 Å². The van der Waals surface area contributed by atoms with Crippen molar-refractivity contribution in [1.82, 2.24) is 5.32 Å². The van der Waals surface area contributed by atoms with Gasteiger partial charge in [0, 0.05) is 23.5 Å². The fourth-order valence-corrected chi connectivity index (χ4v) is 2.32. The Kier molecular flexibility index (Phi) is 8.07. The number of anilines is 2. The molecule has 1 unspecified atom stereocenters. The van der Waals surface area contributed by atoms with Gasteiger partial charge in [0.15, 0.2) is 0 Å². The van der Waals surface area contributed by atoms with Crippen molar-refractivity contribution in [1.29, 1.82) is 0 Å². The van der Waals surface area contributed by atoms with Crippen LogP contribution in [0.3, 0.4) is 0 Å². The summed E-state index contributed by atoms with van der Waals surface area (Å²) >= 11 is 0. The number of nitrogens with two attached hydrogens (primary N) is 3. The predicted octanol–water partition coefficient (Wildman–Crippen LogP) is 2.50. The van der Waals surface area contributed by atoms with Crippen molar-refractivity contribution in [2.24, 2.45) is 5.73 Å². The molecule has 0 heterocycles. The van der Waals surface area contributed by atoms with Crippen molar-refractivity contribution in [2.45, 2.75) is 57.5 Å². The van der Waals surface area contributed by atoms with Crippen molar-refractivity contribution < 1.29 is 0 Å². The summed E-state index contributed by atoms with van der Waals surface area (Å²) in [6, 6.07) is 8.23. The summed E-state index contributed by atoms with van der Waals surface area (Å²) < 4.78 is 0. The van der Waals surface area contributed by atoms with Crippen molar-refractivity contribution >= 4 is 11.4 Å². The van der Waals surface area contributed by atoms with Crippen LogP contribution in [0.2, 0.25) is 0 Å². The van der Waals surface area contributed by atoms with Gasteiger partial charge >= 0.3 is 0 Å². The molecule has 0 spiro atoms. The molecule has 20 heavy (non-hydrogen) atoms. The highest BCUT2D eigenvalue weighted by Crippen LogP contribution is 2.17. The quantitative estimate of drug-likeness (QED) is 0.637. The lowest BCUT2D eigenvalue weighted by molar-refractivity contribution is 0.368. The van der Waals surface area contributed by atoms with E-state index in [1.165, 1.54) is 32.1 Å². The van der Waals surface area contributed by atoms with Crippen LogP contribution < -0.4 is 22.5 Å². The van der Waals surface area contributed by atoms with Crippen molar-refractivity contribution in [3.05, 3.63) is 24.3 Å². The van der Waals surface area contributed by atoms with Gasteiger partial charge in [0.2, 0.25) is 0 Å². The SMILES string of the molecule is CC(N)CCNC1CCCCC1.Nc1ccc(N)cc1. The smallest absolute Gasteiger partial charge is 0.0315 e. The van der Waals surface area contributed by atoms with E-state index in [4.69, 9.17) is 17.2 Å². The monoisotopic (exact) mass is 278 g/mol. The summed E-state index contributed by atoms with van der Waals surface area (Å²) in [7, 11) is 0. The summed E-state index contributed by atoms with van der Waals surface area (Å²) in [5.74, 6) is 0. The van der Waals surface area contributed by atoms with E-state index in [0.29, 0.717) is 6.04 Å². The number of rotatable bonds is 4. The topological polar surface area (TPSA) is 90.1 Å². The Hall–Kier alpha value is -1.26. The Morgan fingerprint density at radius 1 is 1.05 bits per heavy atom. The molecule has 1 aromatic carbocycles. The summed E-state index contributed by atoms with van der Waals surface area (Å²) in [5, 5.41) is 3.57. The molecule has 1 aliphatic carbocycles. The standard InChI is InChI=1S/C10H22N2.C6H8N2/c1-9(11)7-8-12-10-5-3-2-4-6-10;7-5-1-2-6(8)4-3-5/h9-10,12H,2-8,11H2,1H3;1-4H,7-8H2. The van der Waals surface area contributed by atoms with E-state index in [-0.39, 0.29) is 0 Å². The molecule has 2 rings (SSSR count). The van der Waals surface area contributed by atoms with Crippen LogP contribution in [0, 0.1) is 0 Å². The normalized spacial score (nSPS) is 17.1. The van der Waals surface area contributed by atoms with Crippen LogP contribution in [0.15, 0.2) is 24.3 Å². The molecule has 0 aromatic heterocycles. The second-order valence-electron chi connectivity index (χ2n) is 5.72. The Balaban J connectivity index is 0.000000217. The van der Waals surface area contributed by atoms with Crippen LogP contribution in [0.1, 0.15) is 45.4 Å². The number of nitrogen functional groups attached to an aromatic ring is 2. The molecular weight excluding hydrogens is 248 g/mol. The van der Waals surface area contributed by atoms with Crippen molar-refractivity contribution in [2.75, 3.05) is 18.0 Å². The molecule has 1 atom stereocenters. The van der Waals surface area contributed by atoms with E-state index in [1.807, 2.05) is 0 Å². The molecule has 4 heteroatoms. The van der Waals surface area contributed by atoms with Crippen LogP contribution in [-0.4, -0.2) is 18.6 Å². The fourth-order valence-electron chi connectivity index (χ4n) is 2.32. The maximum atomic E-state index is 5.67. The van der Waals surface area contributed by atoms with Crippen molar-refractivity contribution in [3.8, 4) is 0 Å². The molecule has 4 nitrogen and oxygen atoms in total. The molecule has 1 aromatic rings. The van der Waals surface area contributed by atoms with E-state index in [9.17, 15) is 0 Å². The largest absolute Gasteiger partial charge is 0.399 e. The molecule has 7 N–H and O–H groups in total. The van der Waals surface area contributed by atoms with E-state index < -0.39 is 0 Å². The first kappa shape index (κ1) is 16.8. The molecule has 0 saturated heterocycles. The zero-order valence-corrected chi connectivity index (χ0v) is 12.6. The lowest BCUT2D eigenvalue weighted by atomic mass is 9.95. The molecule has 0 amide bonds. The van der Waals surface area contributed by atoms with E-state index in [1.54, 1.807) is 24.3 Å². The maximum absolute atomic E-state index is 5.67. The molecular formula is C16H30N4. The highest BCUT2D eigenvalue weighted by Gasteiger charge is 2.11. The number of hydrogen-bond acceptors (Lipinski definition) is 4. The van der Waals surface area contributed by atoms with Crippen LogP contribution >= 0.6 is 0 Å². The summed E-state index contributed by atoms with van der Waals surface area (Å²) in [6.07, 6.45) is 8.12. The van der Waals surface area contributed by atoms with Gasteiger partial charge in [-0.25, -0.2) is 0 Å². The van der Waals surface area contributed by atoms with Gasteiger partial charge in [-0.1, -0.05) is 19.3 Å². The Morgan fingerprint density at radius 3 is 2.00 bits per heavy atom. The van der Waals surface area contributed by atoms with Crippen LogP contribution in [0.5, 0.6) is 0 Å². The lowest BCUT2D eigenvalue weighted by Crippen LogP contribution is -2.34. The second-order valence-corrected chi connectivity index (χ2v) is 5.72. The second kappa shape index (κ2) is 9.61. The third kappa shape index (κ3) is 8.02. The van der Waals surface area contributed by atoms with Gasteiger partial charge in [0.05, 0.1) is 0 Å². The molecule has 1 aliphatic rings. The summed E-state index contributed by atoms with van der Waals surface area (Å²) in [4.78, 5) is 0. The first-order chi connectivity index (χ1) is 9.58. The third-order valence-electron chi connectivity index (χ3n) is 3.57. The van der Waals surface area contributed by atoms with Gasteiger partial charge in [-0.2, -0.15) is 0 Å². The average Bonchev–Trinajstić information content (AvgIpc) is 2.44. The third-order valence-corrected chi connectivity index (χ3v) is 3.57. The number of benzene rings is 1. The Labute approximate surface area is 123 Å². The van der Waals surface area contributed by atoms with Crippen molar-refractivity contribution in [3.63, 3.8) is 0 Å². The Morgan fingerprint density at radius 2 is 1.55 bits per heavy atom. The van der Waals surface area contributed by atoms with Gasteiger partial charge in [0.25, 0.3) is 0 Å². The lowest BCUT2D eigenvalue weighted by Gasteiger charge is -2.23. The highest BCUT2D eigenvalue weighted by molar-refractivity contribution is 5.47. The minimum absolute atomic E-state index is 0.348. The first-order valence-corrected chi connectivity index (χ1v) is 7.68. The van der Waals surface area contributed by atoms with E-state index in [0.717, 1.165) is 30.4 Å². The van der Waals surface area contributed by atoms with E-state index >= 15 is 0 Å². The first-order valence-electron chi connectivity index (χ1n) is 7.68. The van der Waals surface area contributed by atoms with Crippen LogP contribution in [0.25, 0.3) is 0 Å². The van der Waals surface area contributed by atoms with Gasteiger partial charge in [-0.3, -0.25) is 0 Å². The summed E-state index contributed by atoms with van der Waals surface area (Å²) in [5.41, 5.74) is 17.9. The predicted molar refractivity (Wildman–Crippen MR) is 88.4 cm³/mol. The number of hydrogen-bond donors (Lipinski definition) is 4. The number of nitrogens with one attached hydrogen (secondary N) is 1. The van der Waals surface area contributed by atoms with Gasteiger partial charge in [-0.15, -0.1) is 0 Å². The van der Waals surface area contributed by atoms with E-state index in [2.05, 4.69) is 12.2 Å². The highest BCUT2D eigenvalue weighted by atomic mass is 14.9. The molecule has 1 saturated carbocycles. The minimum atomic E-state index is 0.348. The molecule has 1 fully saturated rings. The molecule has 0 aliphatic heterocycles. The molecule has 0 radical (unpaired) electrons.